The highest BCUT2D eigenvalue weighted by Gasteiger charge is 2.53. The molecule has 0 bridgehead atoms. The minimum Gasteiger partial charge on any atom is -0.469 e. The highest BCUT2D eigenvalue weighted by molar-refractivity contribution is 5.80. The molecule has 16 nitrogen and oxygen atoms in total. The Kier molecular flexibility index (Phi) is 19.4. The summed E-state index contributed by atoms with van der Waals surface area (Å²) >= 11 is 0. The predicted octanol–water partition coefficient (Wildman–Crippen LogP) is 2.87. The molecule has 58 heavy (non-hydrogen) atoms. The number of ether oxygens (including phenoxy) is 8. The van der Waals surface area contributed by atoms with Gasteiger partial charge in [0.25, 0.3) is 0 Å². The Labute approximate surface area is 343 Å². The maximum absolute atomic E-state index is 13.4. The number of aliphatic hydroxyl groups excluding tert-OH is 2. The number of esters is 3. The molecule has 0 aliphatic carbocycles. The summed E-state index contributed by atoms with van der Waals surface area (Å²) in [6.07, 6.45) is -3.10. The van der Waals surface area contributed by atoms with E-state index in [9.17, 15) is 34.5 Å². The summed E-state index contributed by atoms with van der Waals surface area (Å²) in [7, 11) is 6.02. The fraction of sp³-hybridized carbons (Fsp3) is 0.810. The molecule has 0 amide bonds. The van der Waals surface area contributed by atoms with Crippen LogP contribution in [-0.2, 0) is 57.1 Å². The van der Waals surface area contributed by atoms with Crippen LogP contribution in [0, 0.1) is 23.7 Å². The van der Waals surface area contributed by atoms with Crippen LogP contribution in [0.5, 0.6) is 0 Å². The summed E-state index contributed by atoms with van der Waals surface area (Å²) in [5.41, 5.74) is -1.50. The minimum absolute atomic E-state index is 0.0486. The number of carbonyl (C=O) groups is 4. The minimum atomic E-state index is -1.50. The van der Waals surface area contributed by atoms with Crippen LogP contribution in [0.25, 0.3) is 0 Å². The van der Waals surface area contributed by atoms with E-state index in [1.54, 1.807) is 71.0 Å². The molecule has 16 atom stereocenters. The Morgan fingerprint density at radius 1 is 1.02 bits per heavy atom. The Balaban J connectivity index is 1.98. The van der Waals surface area contributed by atoms with Crippen molar-refractivity contribution in [1.29, 1.82) is 0 Å². The van der Waals surface area contributed by atoms with E-state index in [1.807, 2.05) is 20.8 Å². The molecule has 0 radical (unpaired) electrons. The zero-order valence-corrected chi connectivity index (χ0v) is 36.1. The van der Waals surface area contributed by atoms with E-state index >= 15 is 0 Å². The van der Waals surface area contributed by atoms with Crippen molar-refractivity contribution in [3.63, 3.8) is 0 Å². The van der Waals surface area contributed by atoms with Gasteiger partial charge in [-0.15, -0.1) is 0 Å². The number of hydrogen-bond donors (Lipinski definition) is 3. The van der Waals surface area contributed by atoms with E-state index in [4.69, 9.17) is 37.9 Å². The lowest BCUT2D eigenvalue weighted by molar-refractivity contribution is -0.343. The molecule has 3 aliphatic heterocycles. The molecule has 2 unspecified atom stereocenters. The van der Waals surface area contributed by atoms with E-state index in [-0.39, 0.29) is 31.6 Å². The van der Waals surface area contributed by atoms with Gasteiger partial charge >= 0.3 is 17.9 Å². The van der Waals surface area contributed by atoms with Crippen molar-refractivity contribution in [3.05, 3.63) is 24.3 Å². The molecule has 0 saturated carbocycles. The van der Waals surface area contributed by atoms with Crippen LogP contribution in [0.4, 0.5) is 0 Å². The highest BCUT2D eigenvalue weighted by Crippen LogP contribution is 2.38. The molecule has 3 heterocycles. The fourth-order valence-corrected chi connectivity index (χ4v) is 8.17. The molecule has 2 saturated heterocycles. The number of hydrogen-bond acceptors (Lipinski definition) is 16. The van der Waals surface area contributed by atoms with Gasteiger partial charge in [-0.3, -0.25) is 14.4 Å². The topological polar surface area (TPSA) is 206 Å². The summed E-state index contributed by atoms with van der Waals surface area (Å²) < 4.78 is 48.0. The third kappa shape index (κ3) is 13.6. The maximum atomic E-state index is 13.4. The molecule has 332 valence electrons. The normalized spacial score (nSPS) is 40.7. The molecule has 0 aromatic carbocycles. The molecule has 0 spiro atoms. The van der Waals surface area contributed by atoms with E-state index in [2.05, 4.69) is 0 Å². The summed E-state index contributed by atoms with van der Waals surface area (Å²) in [5.74, 6) is -4.22. The maximum Gasteiger partial charge on any atom is 0.312 e. The molecular weight excluding hydrogens is 758 g/mol. The number of rotatable bonds is 12. The predicted molar refractivity (Wildman–Crippen MR) is 210 cm³/mol. The molecule has 2 fully saturated rings. The van der Waals surface area contributed by atoms with Gasteiger partial charge < -0.3 is 62.9 Å². The quantitative estimate of drug-likeness (QED) is 0.147. The Morgan fingerprint density at radius 3 is 2.29 bits per heavy atom. The summed E-state index contributed by atoms with van der Waals surface area (Å²) in [4.78, 5) is 53.3. The largest absolute Gasteiger partial charge is 0.469 e. The monoisotopic (exact) mass is 827 g/mol. The van der Waals surface area contributed by atoms with Gasteiger partial charge in [0.05, 0.1) is 56.0 Å². The zero-order chi connectivity index (χ0) is 43.5. The average Bonchev–Trinajstić information content (AvgIpc) is 3.12. The number of carbonyl (C=O) groups excluding carboxylic acids is 4. The summed E-state index contributed by atoms with van der Waals surface area (Å²) in [5, 5.41) is 34.6. The van der Waals surface area contributed by atoms with Crippen LogP contribution in [-0.4, -0.2) is 152 Å². The number of likely N-dealkylation sites (N-methyl/N-ethyl adjacent to an activating group) is 1. The van der Waals surface area contributed by atoms with Gasteiger partial charge in [-0.1, -0.05) is 45.1 Å². The number of aldehydes is 1. The highest BCUT2D eigenvalue weighted by atomic mass is 16.7. The fourth-order valence-electron chi connectivity index (χ4n) is 8.17. The van der Waals surface area contributed by atoms with Gasteiger partial charge in [-0.05, 0) is 66.0 Å². The molecule has 0 aromatic rings. The molecule has 3 N–H and O–H groups in total. The average molecular weight is 828 g/mol. The Hall–Kier alpha value is -2.80. The van der Waals surface area contributed by atoms with Gasteiger partial charge in [-0.2, -0.15) is 0 Å². The Morgan fingerprint density at radius 2 is 1.71 bits per heavy atom. The lowest BCUT2D eigenvalue weighted by atomic mass is 9.80. The van der Waals surface area contributed by atoms with Crippen LogP contribution in [0.1, 0.15) is 87.0 Å². The smallest absolute Gasteiger partial charge is 0.312 e. The number of nitrogens with zero attached hydrogens (tertiary/aromatic N) is 1. The number of cyclic esters (lactones) is 1. The summed E-state index contributed by atoms with van der Waals surface area (Å²) in [6.45, 7) is 12.3. The van der Waals surface area contributed by atoms with Gasteiger partial charge in [0.15, 0.2) is 18.7 Å². The van der Waals surface area contributed by atoms with E-state index in [1.165, 1.54) is 14.2 Å². The second-order valence-electron chi connectivity index (χ2n) is 16.9. The number of methoxy groups -OCH3 is 2. The second-order valence-corrected chi connectivity index (χ2v) is 16.9. The van der Waals surface area contributed by atoms with Crippen LogP contribution in [0.2, 0.25) is 0 Å². The number of aliphatic hydroxyl groups is 3. The molecule has 3 rings (SSSR count). The lowest BCUT2D eigenvalue weighted by Gasteiger charge is -2.50. The van der Waals surface area contributed by atoms with Gasteiger partial charge in [0.2, 0.25) is 0 Å². The van der Waals surface area contributed by atoms with Crippen molar-refractivity contribution in [2.24, 2.45) is 23.7 Å². The zero-order valence-electron chi connectivity index (χ0n) is 36.1. The SMILES string of the molecule is COC(=O)[C@@H]1CC(=O)O[C@H](C)C/C=C/C=C/[C@H](O)[C@H](C)C[C@H](CC=O)[C@H](OC2O[C@H](C)[C@@H](OC3C[C@@](C)(O)[C@@H](OC(=O)CC(C)C)[C@H](C)O3)[C@H](N(C)C)[C@H]2O)[C@H]1OC. The molecule has 0 aromatic heterocycles. The molecular formula is C42H69NO15. The molecule has 3 aliphatic rings. The van der Waals surface area contributed by atoms with Crippen molar-refractivity contribution < 1.29 is 72.4 Å². The van der Waals surface area contributed by atoms with E-state index in [0.29, 0.717) is 12.7 Å². The summed E-state index contributed by atoms with van der Waals surface area (Å²) in [6, 6.07) is -0.789. The first kappa shape index (κ1) is 49.6. The standard InChI is InChI=1S/C42H69NO15/c1-23(2)19-31(46)56-39-27(6)54-33(22-42(39,7)50)57-36-26(5)55-41(35(48)34(36)43(8)9)58-37-28(17-18-44)20-24(3)30(45)16-14-12-13-15-25(4)53-32(47)21-29(38(37)51-10)40(49)52-11/h12-14,16,18,23-30,33-39,41,45,48,50H,15,17,19-22H2,1-11H3/b13-12+,16-14+/t24-,25-,26-,27+,28+,29-,30+,33?,34-,35-,36-,37+,38+,39+,41?,42-/m1/s1. The van der Waals surface area contributed by atoms with Crippen LogP contribution >= 0.6 is 0 Å². The first-order valence-corrected chi connectivity index (χ1v) is 20.4. The van der Waals surface area contributed by atoms with E-state index < -0.39 is 121 Å². The van der Waals surface area contributed by atoms with E-state index in [0.717, 1.165) is 0 Å². The molecule has 16 heteroatoms. The number of allylic oxidation sites excluding steroid dienone is 2. The first-order valence-electron chi connectivity index (χ1n) is 20.4. The third-order valence-electron chi connectivity index (χ3n) is 11.2. The van der Waals surface area contributed by atoms with Gasteiger partial charge in [-0.25, -0.2) is 0 Å². The third-order valence-corrected chi connectivity index (χ3v) is 11.2. The first-order chi connectivity index (χ1) is 27.2. The van der Waals surface area contributed by atoms with Crippen molar-refractivity contribution in [1.82, 2.24) is 4.90 Å². The van der Waals surface area contributed by atoms with Crippen molar-refractivity contribution in [2.45, 2.75) is 166 Å². The van der Waals surface area contributed by atoms with Crippen molar-refractivity contribution in [2.75, 3.05) is 28.3 Å². The Bertz CT molecular complexity index is 1390. The lowest BCUT2D eigenvalue weighted by Crippen LogP contribution is -2.66. The van der Waals surface area contributed by atoms with Crippen LogP contribution < -0.4 is 0 Å². The van der Waals surface area contributed by atoms with Crippen LogP contribution in [0.3, 0.4) is 0 Å². The van der Waals surface area contributed by atoms with Gasteiger partial charge in [0.1, 0.15) is 30.2 Å². The van der Waals surface area contributed by atoms with Crippen LogP contribution in [0.15, 0.2) is 24.3 Å². The van der Waals surface area contributed by atoms with Crippen molar-refractivity contribution in [3.8, 4) is 0 Å². The second kappa shape index (κ2) is 22.7. The van der Waals surface area contributed by atoms with Gasteiger partial charge in [0, 0.05) is 32.8 Å². The van der Waals surface area contributed by atoms with Crippen molar-refractivity contribution >= 4 is 24.2 Å².